The summed E-state index contributed by atoms with van der Waals surface area (Å²) in [5.41, 5.74) is 2.29. The molecule has 0 radical (unpaired) electrons. The quantitative estimate of drug-likeness (QED) is 0.709. The highest BCUT2D eigenvalue weighted by atomic mass is 16.3. The van der Waals surface area contributed by atoms with E-state index in [0.717, 1.165) is 31.4 Å². The lowest BCUT2D eigenvalue weighted by Crippen LogP contribution is -2.47. The molecular formula is C23H30N2O2. The minimum atomic E-state index is 0.0566. The predicted molar refractivity (Wildman–Crippen MR) is 109 cm³/mol. The molecule has 0 atom stereocenters. The third-order valence-corrected chi connectivity index (χ3v) is 5.61. The summed E-state index contributed by atoms with van der Waals surface area (Å²) in [4.78, 5) is 14.7. The van der Waals surface area contributed by atoms with Gasteiger partial charge in [0.15, 0.2) is 0 Å². The fraction of sp³-hybridized carbons (Fsp3) is 0.435. The number of carbonyl (C=O) groups excluding carboxylic acids is 1. The molecule has 1 fully saturated rings. The molecule has 0 aliphatic heterocycles. The zero-order valence-corrected chi connectivity index (χ0v) is 16.2. The first-order chi connectivity index (χ1) is 13.1. The van der Waals surface area contributed by atoms with Gasteiger partial charge in [0, 0.05) is 24.1 Å². The minimum absolute atomic E-state index is 0.0566. The van der Waals surface area contributed by atoms with Crippen LogP contribution in [0.4, 0.5) is 0 Å². The van der Waals surface area contributed by atoms with E-state index in [9.17, 15) is 9.90 Å². The van der Waals surface area contributed by atoms with Crippen LogP contribution in [0.1, 0.15) is 43.7 Å². The number of phenols is 1. The van der Waals surface area contributed by atoms with E-state index in [0.29, 0.717) is 19.6 Å². The number of nitrogens with one attached hydrogen (secondary N) is 1. The molecule has 4 heteroatoms. The van der Waals surface area contributed by atoms with Gasteiger partial charge in [0.2, 0.25) is 5.91 Å². The van der Waals surface area contributed by atoms with Crippen LogP contribution >= 0.6 is 0 Å². The second-order valence-electron chi connectivity index (χ2n) is 7.62. The first-order valence-electron chi connectivity index (χ1n) is 9.94. The zero-order valence-electron chi connectivity index (χ0n) is 16.2. The molecule has 27 heavy (non-hydrogen) atoms. The lowest BCUT2D eigenvalue weighted by atomic mass is 9.64. The highest BCUT2D eigenvalue weighted by molar-refractivity contribution is 5.78. The predicted octanol–water partition coefficient (Wildman–Crippen LogP) is 3.84. The zero-order chi connectivity index (χ0) is 19.1. The molecular weight excluding hydrogens is 336 g/mol. The van der Waals surface area contributed by atoms with E-state index in [1.54, 1.807) is 6.07 Å². The molecule has 144 valence electrons. The monoisotopic (exact) mass is 366 g/mol. The Morgan fingerprint density at radius 1 is 1.11 bits per heavy atom. The smallest absolute Gasteiger partial charge is 0.234 e. The van der Waals surface area contributed by atoms with Crippen molar-refractivity contribution in [1.82, 2.24) is 10.2 Å². The summed E-state index contributed by atoms with van der Waals surface area (Å²) in [6.07, 6.45) is 4.45. The summed E-state index contributed by atoms with van der Waals surface area (Å²) >= 11 is 0. The van der Waals surface area contributed by atoms with Gasteiger partial charge in [0.25, 0.3) is 0 Å². The van der Waals surface area contributed by atoms with E-state index >= 15 is 0 Å². The number of hydrogen-bond acceptors (Lipinski definition) is 3. The van der Waals surface area contributed by atoms with E-state index in [4.69, 9.17) is 0 Å². The van der Waals surface area contributed by atoms with Crippen LogP contribution in [-0.4, -0.2) is 35.5 Å². The van der Waals surface area contributed by atoms with Gasteiger partial charge in [0.05, 0.1) is 6.54 Å². The first kappa shape index (κ1) is 19.4. The van der Waals surface area contributed by atoms with Crippen molar-refractivity contribution >= 4 is 5.91 Å². The SMILES string of the molecule is CCCN(CC(=O)NCC1(c2ccccc2)CCC1)Cc1ccccc1O. The number of aromatic hydroxyl groups is 1. The normalized spacial score (nSPS) is 15.3. The fourth-order valence-electron chi connectivity index (χ4n) is 3.91. The Balaban J connectivity index is 1.57. The molecule has 0 heterocycles. The van der Waals surface area contributed by atoms with Crippen LogP contribution in [0.15, 0.2) is 54.6 Å². The average molecular weight is 367 g/mol. The van der Waals surface area contributed by atoms with Gasteiger partial charge in [-0.3, -0.25) is 9.69 Å². The molecule has 0 spiro atoms. The van der Waals surface area contributed by atoms with Crippen LogP contribution < -0.4 is 5.32 Å². The summed E-state index contributed by atoms with van der Waals surface area (Å²) in [5, 5.41) is 13.2. The van der Waals surface area contributed by atoms with E-state index < -0.39 is 0 Å². The molecule has 4 nitrogen and oxygen atoms in total. The molecule has 2 N–H and O–H groups in total. The molecule has 0 aromatic heterocycles. The van der Waals surface area contributed by atoms with Crippen molar-refractivity contribution in [3.63, 3.8) is 0 Å². The van der Waals surface area contributed by atoms with Crippen molar-refractivity contribution < 1.29 is 9.90 Å². The molecule has 0 bridgehead atoms. The van der Waals surface area contributed by atoms with E-state index in [1.807, 2.05) is 24.3 Å². The summed E-state index contributed by atoms with van der Waals surface area (Å²) in [6, 6.07) is 17.9. The molecule has 3 rings (SSSR count). The Labute approximate surface area is 162 Å². The van der Waals surface area contributed by atoms with Crippen molar-refractivity contribution in [2.45, 2.75) is 44.6 Å². The molecule has 1 aliphatic rings. The minimum Gasteiger partial charge on any atom is -0.508 e. The lowest BCUT2D eigenvalue weighted by molar-refractivity contribution is -0.122. The van der Waals surface area contributed by atoms with Crippen LogP contribution in [0.5, 0.6) is 5.75 Å². The number of rotatable bonds is 9. The van der Waals surface area contributed by atoms with Gasteiger partial charge in [0.1, 0.15) is 5.75 Å². The van der Waals surface area contributed by atoms with Crippen molar-refractivity contribution in [2.24, 2.45) is 0 Å². The maximum absolute atomic E-state index is 12.6. The van der Waals surface area contributed by atoms with Crippen LogP contribution in [0, 0.1) is 0 Å². The third-order valence-electron chi connectivity index (χ3n) is 5.61. The molecule has 0 saturated heterocycles. The van der Waals surface area contributed by atoms with Crippen molar-refractivity contribution in [3.8, 4) is 5.75 Å². The third kappa shape index (κ3) is 4.89. The Kier molecular flexibility index (Phi) is 6.51. The maximum Gasteiger partial charge on any atom is 0.234 e. The number of phenolic OH excluding ortho intramolecular Hbond substituents is 1. The first-order valence-corrected chi connectivity index (χ1v) is 9.94. The largest absolute Gasteiger partial charge is 0.508 e. The highest BCUT2D eigenvalue weighted by Crippen LogP contribution is 2.43. The summed E-state index contributed by atoms with van der Waals surface area (Å²) in [6.45, 7) is 4.57. The molecule has 1 aliphatic carbocycles. The van der Waals surface area contributed by atoms with Crippen LogP contribution in [0.3, 0.4) is 0 Å². The second kappa shape index (κ2) is 9.05. The van der Waals surface area contributed by atoms with Crippen molar-refractivity contribution in [3.05, 3.63) is 65.7 Å². The van der Waals surface area contributed by atoms with E-state index in [-0.39, 0.29) is 17.1 Å². The van der Waals surface area contributed by atoms with Gasteiger partial charge < -0.3 is 10.4 Å². The van der Waals surface area contributed by atoms with Gasteiger partial charge in [-0.1, -0.05) is 61.9 Å². The van der Waals surface area contributed by atoms with Gasteiger partial charge in [-0.2, -0.15) is 0 Å². The summed E-state index contributed by atoms with van der Waals surface area (Å²) in [5.74, 6) is 0.345. The van der Waals surface area contributed by atoms with Gasteiger partial charge in [-0.25, -0.2) is 0 Å². The van der Waals surface area contributed by atoms with Crippen molar-refractivity contribution in [1.29, 1.82) is 0 Å². The fourth-order valence-corrected chi connectivity index (χ4v) is 3.91. The molecule has 2 aromatic carbocycles. The number of para-hydroxylation sites is 1. The van der Waals surface area contributed by atoms with Gasteiger partial charge in [-0.05, 0) is 37.4 Å². The topological polar surface area (TPSA) is 52.6 Å². The molecule has 2 aromatic rings. The maximum atomic E-state index is 12.6. The number of hydrogen-bond donors (Lipinski definition) is 2. The number of amides is 1. The Morgan fingerprint density at radius 2 is 1.81 bits per heavy atom. The van der Waals surface area contributed by atoms with E-state index in [2.05, 4.69) is 41.4 Å². The van der Waals surface area contributed by atoms with Gasteiger partial charge >= 0.3 is 0 Å². The number of carbonyl (C=O) groups is 1. The number of benzene rings is 2. The molecule has 0 unspecified atom stereocenters. The lowest BCUT2D eigenvalue weighted by Gasteiger charge is -2.42. The average Bonchev–Trinajstić information content (AvgIpc) is 2.64. The van der Waals surface area contributed by atoms with Crippen LogP contribution in [-0.2, 0) is 16.8 Å². The Morgan fingerprint density at radius 3 is 2.44 bits per heavy atom. The summed E-state index contributed by atoms with van der Waals surface area (Å²) < 4.78 is 0. The Hall–Kier alpha value is -2.33. The Bertz CT molecular complexity index is 741. The standard InChI is InChI=1S/C23H30N2O2/c1-2-15-25(16-19-9-6-7-12-21(19)26)17-22(27)24-18-23(13-8-14-23)20-10-4-3-5-11-20/h3-7,9-12,26H,2,8,13-18H2,1H3,(H,24,27). The van der Waals surface area contributed by atoms with Crippen LogP contribution in [0.2, 0.25) is 0 Å². The highest BCUT2D eigenvalue weighted by Gasteiger charge is 2.38. The van der Waals surface area contributed by atoms with E-state index in [1.165, 1.54) is 12.0 Å². The summed E-state index contributed by atoms with van der Waals surface area (Å²) in [7, 11) is 0. The number of nitrogens with zero attached hydrogens (tertiary/aromatic N) is 1. The van der Waals surface area contributed by atoms with Crippen LogP contribution in [0.25, 0.3) is 0 Å². The molecule has 1 saturated carbocycles. The second-order valence-corrected chi connectivity index (χ2v) is 7.62. The van der Waals surface area contributed by atoms with Crippen molar-refractivity contribution in [2.75, 3.05) is 19.6 Å². The van der Waals surface area contributed by atoms with Gasteiger partial charge in [-0.15, -0.1) is 0 Å². The molecule has 1 amide bonds.